The first-order valence-corrected chi connectivity index (χ1v) is 8.13. The fraction of sp³-hybridized carbons (Fsp3) is 0.267. The lowest BCUT2D eigenvalue weighted by Gasteiger charge is -2.12. The fourth-order valence-corrected chi connectivity index (χ4v) is 3.05. The first-order chi connectivity index (χ1) is 10.1. The third-order valence-corrected chi connectivity index (χ3v) is 4.68. The van der Waals surface area contributed by atoms with Crippen molar-refractivity contribution in [1.29, 1.82) is 0 Å². The summed E-state index contributed by atoms with van der Waals surface area (Å²) in [6.45, 7) is 3.31. The van der Waals surface area contributed by atoms with Gasteiger partial charge in [0.15, 0.2) is 5.96 Å². The van der Waals surface area contributed by atoms with E-state index in [1.807, 2.05) is 0 Å². The summed E-state index contributed by atoms with van der Waals surface area (Å²) >= 11 is 5.17. The Morgan fingerprint density at radius 3 is 2.67 bits per heavy atom. The predicted molar refractivity (Wildman–Crippen MR) is 90.2 cm³/mol. The van der Waals surface area contributed by atoms with Crippen LogP contribution in [0.3, 0.4) is 0 Å². The maximum atomic E-state index is 13.2. The topological polar surface area (TPSA) is 36.4 Å². The molecule has 2 rings (SSSR count). The molecule has 0 saturated carbocycles. The highest BCUT2D eigenvalue weighted by Crippen LogP contribution is 2.17. The molecule has 0 amide bonds. The standard InChI is InChI=1S/C15H17BrFN3S/c1-10-3-5-13(21-10)9-20-15(18-2)19-8-11-7-12(17)4-6-14(11)16/h3-7H,8-9H2,1-2H3,(H2,18,19,20). The van der Waals surface area contributed by atoms with E-state index in [1.165, 1.54) is 21.9 Å². The van der Waals surface area contributed by atoms with Gasteiger partial charge in [0.25, 0.3) is 0 Å². The molecule has 6 heteroatoms. The Balaban J connectivity index is 1.89. The highest BCUT2D eigenvalue weighted by molar-refractivity contribution is 9.10. The van der Waals surface area contributed by atoms with Gasteiger partial charge in [0.1, 0.15) is 5.82 Å². The molecule has 0 aliphatic heterocycles. The molecule has 21 heavy (non-hydrogen) atoms. The van der Waals surface area contributed by atoms with Crippen LogP contribution in [0.4, 0.5) is 4.39 Å². The van der Waals surface area contributed by atoms with Crippen LogP contribution in [0.5, 0.6) is 0 Å². The van der Waals surface area contributed by atoms with Crippen LogP contribution in [-0.4, -0.2) is 13.0 Å². The van der Waals surface area contributed by atoms with E-state index in [0.29, 0.717) is 12.5 Å². The van der Waals surface area contributed by atoms with Gasteiger partial charge in [-0.2, -0.15) is 0 Å². The van der Waals surface area contributed by atoms with Gasteiger partial charge in [0, 0.05) is 27.8 Å². The lowest BCUT2D eigenvalue weighted by atomic mass is 10.2. The van der Waals surface area contributed by atoms with E-state index in [-0.39, 0.29) is 5.82 Å². The van der Waals surface area contributed by atoms with Gasteiger partial charge in [-0.1, -0.05) is 15.9 Å². The van der Waals surface area contributed by atoms with Gasteiger partial charge in [0.2, 0.25) is 0 Å². The molecule has 0 aliphatic rings. The number of guanidine groups is 1. The molecule has 1 heterocycles. The summed E-state index contributed by atoms with van der Waals surface area (Å²) in [5.74, 6) is 0.448. The van der Waals surface area contributed by atoms with Crippen LogP contribution < -0.4 is 10.6 Å². The Labute approximate surface area is 136 Å². The highest BCUT2D eigenvalue weighted by atomic mass is 79.9. The highest BCUT2D eigenvalue weighted by Gasteiger charge is 2.04. The summed E-state index contributed by atoms with van der Waals surface area (Å²) in [6.07, 6.45) is 0. The van der Waals surface area contributed by atoms with Crippen LogP contribution in [-0.2, 0) is 13.1 Å². The summed E-state index contributed by atoms with van der Waals surface area (Å²) in [7, 11) is 1.72. The van der Waals surface area contributed by atoms with E-state index < -0.39 is 0 Å². The SMILES string of the molecule is CN=C(NCc1ccc(C)s1)NCc1cc(F)ccc1Br. The van der Waals surface area contributed by atoms with Gasteiger partial charge in [-0.3, -0.25) is 4.99 Å². The lowest BCUT2D eigenvalue weighted by Crippen LogP contribution is -2.36. The third kappa shape index (κ3) is 4.82. The van der Waals surface area contributed by atoms with Gasteiger partial charge >= 0.3 is 0 Å². The maximum Gasteiger partial charge on any atom is 0.191 e. The van der Waals surface area contributed by atoms with Crippen molar-refractivity contribution < 1.29 is 4.39 Å². The van der Waals surface area contributed by atoms with Crippen LogP contribution in [0.1, 0.15) is 15.3 Å². The minimum absolute atomic E-state index is 0.244. The smallest absolute Gasteiger partial charge is 0.191 e. The van der Waals surface area contributed by atoms with Crippen molar-refractivity contribution in [3.05, 3.63) is 55.9 Å². The second kappa shape index (κ2) is 7.56. The van der Waals surface area contributed by atoms with Crippen molar-refractivity contribution in [3.8, 4) is 0 Å². The number of benzene rings is 1. The molecule has 112 valence electrons. The van der Waals surface area contributed by atoms with E-state index in [4.69, 9.17) is 0 Å². The molecule has 0 spiro atoms. The van der Waals surface area contributed by atoms with Gasteiger partial charge < -0.3 is 10.6 Å². The number of halogens is 2. The first kappa shape index (κ1) is 16.0. The van der Waals surface area contributed by atoms with Crippen molar-refractivity contribution in [2.45, 2.75) is 20.0 Å². The Morgan fingerprint density at radius 2 is 2.00 bits per heavy atom. The monoisotopic (exact) mass is 369 g/mol. The average Bonchev–Trinajstić information content (AvgIpc) is 2.88. The molecule has 0 fully saturated rings. The zero-order chi connectivity index (χ0) is 15.2. The van der Waals surface area contributed by atoms with Crippen LogP contribution in [0.25, 0.3) is 0 Å². The molecule has 2 aromatic rings. The third-order valence-electron chi connectivity index (χ3n) is 2.90. The van der Waals surface area contributed by atoms with Gasteiger partial charge in [0.05, 0.1) is 6.54 Å². The summed E-state index contributed by atoms with van der Waals surface area (Å²) in [5, 5.41) is 6.42. The second-order valence-corrected chi connectivity index (χ2v) is 6.75. The van der Waals surface area contributed by atoms with Crippen molar-refractivity contribution in [2.24, 2.45) is 4.99 Å². The molecule has 0 saturated heterocycles. The summed E-state index contributed by atoms with van der Waals surface area (Å²) in [5.41, 5.74) is 0.852. The zero-order valence-electron chi connectivity index (χ0n) is 11.9. The molecule has 1 aromatic carbocycles. The van der Waals surface area contributed by atoms with E-state index in [0.717, 1.165) is 16.6 Å². The Bertz CT molecular complexity index is 640. The van der Waals surface area contributed by atoms with E-state index in [2.05, 4.69) is 50.6 Å². The Kier molecular flexibility index (Phi) is 5.76. The van der Waals surface area contributed by atoms with Gasteiger partial charge in [-0.25, -0.2) is 4.39 Å². The number of rotatable bonds is 4. The Morgan fingerprint density at radius 1 is 1.24 bits per heavy atom. The van der Waals surface area contributed by atoms with Crippen LogP contribution >= 0.6 is 27.3 Å². The normalized spacial score (nSPS) is 11.5. The number of thiophene rings is 1. The minimum Gasteiger partial charge on any atom is -0.352 e. The molecule has 0 atom stereocenters. The lowest BCUT2D eigenvalue weighted by molar-refractivity contribution is 0.624. The van der Waals surface area contributed by atoms with E-state index in [1.54, 1.807) is 24.5 Å². The summed E-state index contributed by atoms with van der Waals surface area (Å²) in [6, 6.07) is 8.84. The average molecular weight is 370 g/mol. The van der Waals surface area contributed by atoms with Gasteiger partial charge in [-0.05, 0) is 42.8 Å². The molecular formula is C15H17BrFN3S. The number of hydrogen-bond donors (Lipinski definition) is 2. The van der Waals surface area contributed by atoms with Crippen LogP contribution in [0.15, 0.2) is 39.8 Å². The maximum absolute atomic E-state index is 13.2. The number of nitrogens with zero attached hydrogens (tertiary/aromatic N) is 1. The van der Waals surface area contributed by atoms with E-state index in [9.17, 15) is 4.39 Å². The van der Waals surface area contributed by atoms with Crippen LogP contribution in [0, 0.1) is 12.7 Å². The molecule has 0 bridgehead atoms. The van der Waals surface area contributed by atoms with Crippen molar-refractivity contribution in [2.75, 3.05) is 7.05 Å². The fourth-order valence-electron chi connectivity index (χ4n) is 1.83. The minimum atomic E-state index is -0.244. The quantitative estimate of drug-likeness (QED) is 0.634. The molecule has 0 unspecified atom stereocenters. The number of aliphatic imine (C=N–C) groups is 1. The zero-order valence-corrected chi connectivity index (χ0v) is 14.3. The van der Waals surface area contributed by atoms with Crippen molar-refractivity contribution in [1.82, 2.24) is 10.6 Å². The first-order valence-electron chi connectivity index (χ1n) is 6.52. The number of hydrogen-bond acceptors (Lipinski definition) is 2. The van der Waals surface area contributed by atoms with Crippen molar-refractivity contribution >= 4 is 33.2 Å². The molecule has 1 aromatic heterocycles. The van der Waals surface area contributed by atoms with Crippen LogP contribution in [0.2, 0.25) is 0 Å². The van der Waals surface area contributed by atoms with E-state index >= 15 is 0 Å². The molecule has 0 radical (unpaired) electrons. The number of nitrogens with one attached hydrogen (secondary N) is 2. The second-order valence-electron chi connectivity index (χ2n) is 4.53. The molecule has 0 aliphatic carbocycles. The molecular weight excluding hydrogens is 353 g/mol. The largest absolute Gasteiger partial charge is 0.352 e. The van der Waals surface area contributed by atoms with Crippen molar-refractivity contribution in [3.63, 3.8) is 0 Å². The molecule has 3 nitrogen and oxygen atoms in total. The summed E-state index contributed by atoms with van der Waals surface area (Å²) in [4.78, 5) is 6.71. The molecule has 2 N–H and O–H groups in total. The Hall–Kier alpha value is -1.40. The summed E-state index contributed by atoms with van der Waals surface area (Å²) < 4.78 is 14.1. The predicted octanol–water partition coefficient (Wildman–Crippen LogP) is 3.82. The van der Waals surface area contributed by atoms with Gasteiger partial charge in [-0.15, -0.1) is 11.3 Å². The number of aryl methyl sites for hydroxylation is 1.